The van der Waals surface area contributed by atoms with E-state index in [4.69, 9.17) is 0 Å². The molecule has 0 N–H and O–H groups in total. The summed E-state index contributed by atoms with van der Waals surface area (Å²) in [5.74, 6) is 1.80. The number of rotatable bonds is 4. The van der Waals surface area contributed by atoms with Gasteiger partial charge in [-0.1, -0.05) is 12.8 Å². The Morgan fingerprint density at radius 1 is 1.20 bits per heavy atom. The third kappa shape index (κ3) is 3.15. The molecular weight excluding hydrogens is 252 g/mol. The molecule has 0 atom stereocenters. The molecule has 3 rings (SSSR count). The molecule has 0 aromatic carbocycles. The van der Waals surface area contributed by atoms with Gasteiger partial charge in [0.1, 0.15) is 11.5 Å². The molecule has 108 valence electrons. The molecule has 1 saturated heterocycles. The van der Waals surface area contributed by atoms with E-state index in [1.165, 1.54) is 32.2 Å². The molecule has 0 bridgehead atoms. The van der Waals surface area contributed by atoms with Gasteiger partial charge in [-0.3, -0.25) is 4.90 Å². The van der Waals surface area contributed by atoms with E-state index in [1.807, 2.05) is 0 Å². The highest BCUT2D eigenvalue weighted by Gasteiger charge is 2.22. The highest BCUT2D eigenvalue weighted by atomic mass is 16.3. The Labute approximate surface area is 120 Å². The Morgan fingerprint density at radius 3 is 2.65 bits per heavy atom. The molecule has 1 aliphatic carbocycles. The molecule has 0 unspecified atom stereocenters. The SMILES string of the molecule is O=Nc1ccnc(N2CCN(CC3CCCC3)CC2)c1. The van der Waals surface area contributed by atoms with Crippen molar-refractivity contribution in [2.24, 2.45) is 11.1 Å². The average molecular weight is 274 g/mol. The summed E-state index contributed by atoms with van der Waals surface area (Å²) in [6, 6.07) is 3.42. The minimum Gasteiger partial charge on any atom is -0.354 e. The molecule has 1 aromatic heterocycles. The fourth-order valence-corrected chi connectivity index (χ4v) is 3.35. The summed E-state index contributed by atoms with van der Waals surface area (Å²) in [6.07, 6.45) is 7.32. The van der Waals surface area contributed by atoms with Crippen LogP contribution in [-0.2, 0) is 0 Å². The molecular formula is C15H22N4O. The first-order chi connectivity index (χ1) is 9.85. The largest absolute Gasteiger partial charge is 0.354 e. The van der Waals surface area contributed by atoms with Gasteiger partial charge in [0.15, 0.2) is 0 Å². The Hall–Kier alpha value is -1.49. The molecule has 2 aliphatic rings. The second-order valence-corrected chi connectivity index (χ2v) is 5.90. The van der Waals surface area contributed by atoms with Crippen LogP contribution in [0.2, 0.25) is 0 Å². The minimum absolute atomic E-state index is 0.461. The predicted molar refractivity (Wildman–Crippen MR) is 80.3 cm³/mol. The lowest BCUT2D eigenvalue weighted by Gasteiger charge is -2.36. The third-order valence-corrected chi connectivity index (χ3v) is 4.52. The number of hydrogen-bond donors (Lipinski definition) is 0. The van der Waals surface area contributed by atoms with Gasteiger partial charge in [0.25, 0.3) is 0 Å². The maximum Gasteiger partial charge on any atom is 0.130 e. The Morgan fingerprint density at radius 2 is 1.95 bits per heavy atom. The van der Waals surface area contributed by atoms with Crippen LogP contribution in [0.1, 0.15) is 25.7 Å². The summed E-state index contributed by atoms with van der Waals surface area (Å²) in [4.78, 5) is 19.8. The minimum atomic E-state index is 0.461. The number of hydrogen-bond acceptors (Lipinski definition) is 5. The van der Waals surface area contributed by atoms with Crippen LogP contribution in [0.15, 0.2) is 23.5 Å². The van der Waals surface area contributed by atoms with E-state index in [1.54, 1.807) is 18.3 Å². The van der Waals surface area contributed by atoms with Crippen LogP contribution in [0.4, 0.5) is 11.5 Å². The van der Waals surface area contributed by atoms with E-state index >= 15 is 0 Å². The fraction of sp³-hybridized carbons (Fsp3) is 0.667. The zero-order valence-electron chi connectivity index (χ0n) is 11.9. The van der Waals surface area contributed by atoms with Crippen molar-refractivity contribution in [3.05, 3.63) is 23.2 Å². The smallest absolute Gasteiger partial charge is 0.130 e. The molecule has 2 fully saturated rings. The van der Waals surface area contributed by atoms with Gasteiger partial charge in [-0.15, -0.1) is 4.91 Å². The van der Waals surface area contributed by atoms with E-state index in [-0.39, 0.29) is 0 Å². The first-order valence-electron chi connectivity index (χ1n) is 7.62. The summed E-state index contributed by atoms with van der Waals surface area (Å²) in [7, 11) is 0. The molecule has 1 aliphatic heterocycles. The first-order valence-corrected chi connectivity index (χ1v) is 7.62. The predicted octanol–water partition coefficient (Wildman–Crippen LogP) is 2.79. The standard InChI is InChI=1S/C15H22N4O/c20-17-14-5-6-16-15(11-14)19-9-7-18(8-10-19)12-13-3-1-2-4-13/h5-6,11,13H,1-4,7-10,12H2. The maximum absolute atomic E-state index is 10.6. The van der Waals surface area contributed by atoms with Gasteiger partial charge >= 0.3 is 0 Å². The van der Waals surface area contributed by atoms with Gasteiger partial charge in [-0.25, -0.2) is 4.98 Å². The summed E-state index contributed by atoms with van der Waals surface area (Å²) in [5.41, 5.74) is 0.461. The normalized spacial score (nSPS) is 21.3. The monoisotopic (exact) mass is 274 g/mol. The van der Waals surface area contributed by atoms with Crippen LogP contribution in [-0.4, -0.2) is 42.6 Å². The molecule has 0 radical (unpaired) electrons. The highest BCUT2D eigenvalue weighted by Crippen LogP contribution is 2.26. The topological polar surface area (TPSA) is 48.8 Å². The molecule has 20 heavy (non-hydrogen) atoms. The average Bonchev–Trinajstić information content (AvgIpc) is 3.01. The Bertz CT molecular complexity index is 451. The van der Waals surface area contributed by atoms with Crippen molar-refractivity contribution in [1.82, 2.24) is 9.88 Å². The third-order valence-electron chi connectivity index (χ3n) is 4.52. The molecule has 1 aromatic rings. The van der Waals surface area contributed by atoms with Crippen molar-refractivity contribution >= 4 is 11.5 Å². The van der Waals surface area contributed by atoms with Crippen molar-refractivity contribution in [3.63, 3.8) is 0 Å². The number of anilines is 1. The summed E-state index contributed by atoms with van der Waals surface area (Å²) < 4.78 is 0. The summed E-state index contributed by atoms with van der Waals surface area (Å²) in [5, 5.41) is 2.98. The summed E-state index contributed by atoms with van der Waals surface area (Å²) in [6.45, 7) is 5.43. The quantitative estimate of drug-likeness (QED) is 0.792. The van der Waals surface area contributed by atoms with Crippen molar-refractivity contribution in [2.75, 3.05) is 37.6 Å². The second kappa shape index (κ2) is 6.31. The van der Waals surface area contributed by atoms with Crippen molar-refractivity contribution in [3.8, 4) is 0 Å². The molecule has 0 amide bonds. The molecule has 2 heterocycles. The Balaban J connectivity index is 1.53. The molecule has 5 nitrogen and oxygen atoms in total. The van der Waals surface area contributed by atoms with E-state index in [0.29, 0.717) is 5.69 Å². The van der Waals surface area contributed by atoms with Gasteiger partial charge in [0, 0.05) is 45.0 Å². The zero-order chi connectivity index (χ0) is 13.8. The summed E-state index contributed by atoms with van der Waals surface area (Å²) >= 11 is 0. The number of piperazine rings is 1. The van der Waals surface area contributed by atoms with E-state index in [0.717, 1.165) is 37.9 Å². The lowest BCUT2D eigenvalue weighted by atomic mass is 10.1. The van der Waals surface area contributed by atoms with Crippen molar-refractivity contribution in [1.29, 1.82) is 0 Å². The fourth-order valence-electron chi connectivity index (χ4n) is 3.35. The van der Waals surface area contributed by atoms with Crippen LogP contribution >= 0.6 is 0 Å². The molecule has 5 heteroatoms. The number of nitrogens with zero attached hydrogens (tertiary/aromatic N) is 4. The lowest BCUT2D eigenvalue weighted by Crippen LogP contribution is -2.47. The van der Waals surface area contributed by atoms with Gasteiger partial charge in [-0.05, 0) is 30.0 Å². The van der Waals surface area contributed by atoms with E-state index in [9.17, 15) is 4.91 Å². The van der Waals surface area contributed by atoms with Crippen LogP contribution in [0.25, 0.3) is 0 Å². The van der Waals surface area contributed by atoms with Crippen LogP contribution in [0, 0.1) is 10.8 Å². The number of pyridine rings is 1. The van der Waals surface area contributed by atoms with E-state index < -0.39 is 0 Å². The molecule has 0 spiro atoms. The van der Waals surface area contributed by atoms with Gasteiger partial charge < -0.3 is 4.90 Å². The maximum atomic E-state index is 10.6. The van der Waals surface area contributed by atoms with E-state index in [2.05, 4.69) is 20.0 Å². The molecule has 1 saturated carbocycles. The van der Waals surface area contributed by atoms with Crippen LogP contribution in [0.5, 0.6) is 0 Å². The van der Waals surface area contributed by atoms with Crippen molar-refractivity contribution < 1.29 is 0 Å². The highest BCUT2D eigenvalue weighted by molar-refractivity contribution is 5.49. The second-order valence-electron chi connectivity index (χ2n) is 5.90. The van der Waals surface area contributed by atoms with Gasteiger partial charge in [-0.2, -0.15) is 0 Å². The first kappa shape index (κ1) is 13.5. The van der Waals surface area contributed by atoms with Gasteiger partial charge in [0.2, 0.25) is 0 Å². The number of nitroso groups, excluding NO2 is 1. The van der Waals surface area contributed by atoms with Gasteiger partial charge in [0.05, 0.1) is 0 Å². The zero-order valence-corrected chi connectivity index (χ0v) is 11.9. The van der Waals surface area contributed by atoms with Crippen molar-refractivity contribution in [2.45, 2.75) is 25.7 Å². The van der Waals surface area contributed by atoms with Crippen LogP contribution < -0.4 is 4.90 Å². The van der Waals surface area contributed by atoms with Crippen LogP contribution in [0.3, 0.4) is 0 Å². The lowest BCUT2D eigenvalue weighted by molar-refractivity contribution is 0.219. The Kier molecular flexibility index (Phi) is 4.25. The number of aromatic nitrogens is 1.